The number of ether oxygens (including phenoxy) is 2. The number of imide groups is 1. The molecular formula is C17H18N2O6S. The Morgan fingerprint density at radius 1 is 1.31 bits per heavy atom. The monoisotopic (exact) mass is 378 g/mol. The normalized spacial score (nSPS) is 11.5. The lowest BCUT2D eigenvalue weighted by Crippen LogP contribution is -2.39. The second kappa shape index (κ2) is 9.04. The van der Waals surface area contributed by atoms with Gasteiger partial charge in [-0.25, -0.2) is 9.59 Å². The highest BCUT2D eigenvalue weighted by molar-refractivity contribution is 7.98. The Balaban J connectivity index is 2.02. The molecule has 0 aliphatic carbocycles. The molecule has 0 aliphatic heterocycles. The quantitative estimate of drug-likeness (QED) is 0.604. The summed E-state index contributed by atoms with van der Waals surface area (Å²) < 4.78 is 14.5. The summed E-state index contributed by atoms with van der Waals surface area (Å²) in [6.07, 6.45) is -2.07. The van der Waals surface area contributed by atoms with Crippen LogP contribution >= 0.6 is 11.8 Å². The van der Waals surface area contributed by atoms with Gasteiger partial charge in [0, 0.05) is 16.7 Å². The summed E-state index contributed by atoms with van der Waals surface area (Å²) in [5.41, 5.74) is 1.07. The lowest BCUT2D eigenvalue weighted by Gasteiger charge is -2.14. The van der Waals surface area contributed by atoms with Crippen molar-refractivity contribution in [2.75, 3.05) is 7.11 Å². The van der Waals surface area contributed by atoms with E-state index < -0.39 is 24.1 Å². The molecule has 0 spiro atoms. The average Bonchev–Trinajstić information content (AvgIpc) is 3.05. The Morgan fingerprint density at radius 3 is 2.69 bits per heavy atom. The molecule has 138 valence electrons. The summed E-state index contributed by atoms with van der Waals surface area (Å²) in [7, 11) is 1.13. The van der Waals surface area contributed by atoms with Gasteiger partial charge in [0.05, 0.1) is 18.4 Å². The molecule has 2 amide bonds. The number of rotatable bonds is 6. The number of amides is 2. The molecule has 0 aliphatic rings. The van der Waals surface area contributed by atoms with Gasteiger partial charge in [0.1, 0.15) is 5.76 Å². The van der Waals surface area contributed by atoms with Crippen molar-refractivity contribution in [1.29, 1.82) is 0 Å². The average molecular weight is 378 g/mol. The fraction of sp³-hybridized carbons (Fsp3) is 0.294. The molecule has 8 nitrogen and oxygen atoms in total. The lowest BCUT2D eigenvalue weighted by molar-refractivity contribution is -0.128. The first-order valence-electron chi connectivity index (χ1n) is 7.64. The van der Waals surface area contributed by atoms with Crippen molar-refractivity contribution in [3.63, 3.8) is 0 Å². The van der Waals surface area contributed by atoms with Crippen LogP contribution in [0.2, 0.25) is 0 Å². The Bertz CT molecular complexity index is 804. The van der Waals surface area contributed by atoms with Crippen LogP contribution in [-0.4, -0.2) is 36.3 Å². The van der Waals surface area contributed by atoms with Crippen LogP contribution in [0.3, 0.4) is 0 Å². The van der Waals surface area contributed by atoms with Crippen molar-refractivity contribution in [3.05, 3.63) is 47.3 Å². The Labute approximate surface area is 154 Å². The number of methoxy groups -OCH3 is 1. The van der Waals surface area contributed by atoms with E-state index in [0.717, 1.165) is 12.8 Å². The first-order chi connectivity index (χ1) is 12.4. The third-order valence-corrected chi connectivity index (χ3v) is 4.33. The van der Waals surface area contributed by atoms with Gasteiger partial charge in [0.15, 0.2) is 6.10 Å². The number of carbonyl (C=O) groups excluding carboxylic acids is 3. The number of nitrogens with zero attached hydrogens (tertiary/aromatic N) is 1. The predicted molar refractivity (Wildman–Crippen MR) is 92.7 cm³/mol. The van der Waals surface area contributed by atoms with Crippen molar-refractivity contribution >= 4 is 29.7 Å². The van der Waals surface area contributed by atoms with E-state index in [-0.39, 0.29) is 0 Å². The minimum absolute atomic E-state index is 0.315. The van der Waals surface area contributed by atoms with Gasteiger partial charge < -0.3 is 14.0 Å². The molecule has 0 saturated carbocycles. The van der Waals surface area contributed by atoms with Crippen LogP contribution in [0.25, 0.3) is 0 Å². The Hall–Kier alpha value is -2.81. The fourth-order valence-electron chi connectivity index (χ4n) is 1.93. The van der Waals surface area contributed by atoms with Gasteiger partial charge in [-0.1, -0.05) is 17.3 Å². The summed E-state index contributed by atoms with van der Waals surface area (Å²) >= 11 is 1.39. The van der Waals surface area contributed by atoms with E-state index in [1.165, 1.54) is 18.7 Å². The van der Waals surface area contributed by atoms with Crippen LogP contribution in [0.1, 0.15) is 28.7 Å². The van der Waals surface area contributed by atoms with E-state index in [0.29, 0.717) is 22.0 Å². The number of nitrogens with one attached hydrogen (secondary N) is 1. The number of esters is 1. The van der Waals surface area contributed by atoms with Crippen LogP contribution in [0.5, 0.6) is 0 Å². The standard InChI is InChI=1S/C17H18N2O6S/c1-10-8-12(19-25-10)9-26-14-7-5-4-6-13(14)16(21)24-11(2)15(20)18-17(22)23-3/h4-8,11H,9H2,1-3H3,(H,18,20,22)/t11-/m1/s1. The highest BCUT2D eigenvalue weighted by Gasteiger charge is 2.22. The summed E-state index contributed by atoms with van der Waals surface area (Å²) in [4.78, 5) is 35.9. The topological polar surface area (TPSA) is 108 Å². The van der Waals surface area contributed by atoms with E-state index in [2.05, 4.69) is 9.89 Å². The van der Waals surface area contributed by atoms with Gasteiger partial charge in [0.25, 0.3) is 5.91 Å². The van der Waals surface area contributed by atoms with E-state index in [1.54, 1.807) is 31.2 Å². The molecule has 1 heterocycles. The van der Waals surface area contributed by atoms with Crippen LogP contribution < -0.4 is 5.32 Å². The second-order valence-corrected chi connectivity index (χ2v) is 6.26. The first-order valence-corrected chi connectivity index (χ1v) is 8.63. The van der Waals surface area contributed by atoms with Crippen molar-refractivity contribution in [1.82, 2.24) is 10.5 Å². The molecule has 2 aromatic rings. The SMILES string of the molecule is COC(=O)NC(=O)[C@@H](C)OC(=O)c1ccccc1SCc1cc(C)on1. The van der Waals surface area contributed by atoms with E-state index >= 15 is 0 Å². The van der Waals surface area contributed by atoms with Crippen LogP contribution in [0.15, 0.2) is 39.8 Å². The molecule has 1 N–H and O–H groups in total. The summed E-state index contributed by atoms with van der Waals surface area (Å²) in [5, 5.41) is 5.85. The number of thioether (sulfide) groups is 1. The van der Waals surface area contributed by atoms with E-state index in [9.17, 15) is 14.4 Å². The van der Waals surface area contributed by atoms with E-state index in [4.69, 9.17) is 9.26 Å². The third kappa shape index (κ3) is 5.35. The minimum atomic E-state index is -1.15. The smallest absolute Gasteiger partial charge is 0.413 e. The minimum Gasteiger partial charge on any atom is -0.453 e. The number of hydrogen-bond acceptors (Lipinski definition) is 8. The Kier molecular flexibility index (Phi) is 6.79. The molecule has 26 heavy (non-hydrogen) atoms. The van der Waals surface area contributed by atoms with Gasteiger partial charge >= 0.3 is 12.1 Å². The van der Waals surface area contributed by atoms with Crippen molar-refractivity contribution in [2.45, 2.75) is 30.6 Å². The molecule has 9 heteroatoms. The number of benzene rings is 1. The van der Waals surface area contributed by atoms with Crippen LogP contribution in [0.4, 0.5) is 4.79 Å². The lowest BCUT2D eigenvalue weighted by atomic mass is 10.2. The maximum Gasteiger partial charge on any atom is 0.413 e. The molecule has 0 unspecified atom stereocenters. The van der Waals surface area contributed by atoms with Crippen LogP contribution in [-0.2, 0) is 20.0 Å². The van der Waals surface area contributed by atoms with Crippen molar-refractivity contribution < 1.29 is 28.4 Å². The summed E-state index contributed by atoms with van der Waals surface area (Å²) in [6, 6.07) is 8.67. The molecule has 1 atom stereocenters. The van der Waals surface area contributed by atoms with Crippen LogP contribution in [0, 0.1) is 6.92 Å². The number of aryl methyl sites for hydroxylation is 1. The molecule has 0 saturated heterocycles. The van der Waals surface area contributed by atoms with Crippen molar-refractivity contribution in [3.8, 4) is 0 Å². The van der Waals surface area contributed by atoms with Gasteiger partial charge in [0.2, 0.25) is 0 Å². The number of hydrogen-bond donors (Lipinski definition) is 1. The molecule has 2 rings (SSSR count). The molecule has 1 aromatic heterocycles. The summed E-state index contributed by atoms with van der Waals surface area (Å²) in [6.45, 7) is 3.16. The van der Waals surface area contributed by atoms with Gasteiger partial charge in [-0.3, -0.25) is 10.1 Å². The Morgan fingerprint density at radius 2 is 2.04 bits per heavy atom. The fourth-order valence-corrected chi connectivity index (χ4v) is 2.85. The van der Waals surface area contributed by atoms with Gasteiger partial charge in [-0.2, -0.15) is 0 Å². The molecular weight excluding hydrogens is 360 g/mol. The first kappa shape index (κ1) is 19.5. The largest absolute Gasteiger partial charge is 0.453 e. The molecule has 0 radical (unpaired) electrons. The zero-order valence-corrected chi connectivity index (χ0v) is 15.3. The third-order valence-electron chi connectivity index (χ3n) is 3.22. The maximum atomic E-state index is 12.4. The second-order valence-electron chi connectivity index (χ2n) is 5.24. The van der Waals surface area contributed by atoms with Gasteiger partial charge in [-0.05, 0) is 26.0 Å². The number of carbonyl (C=O) groups is 3. The zero-order valence-electron chi connectivity index (χ0n) is 14.5. The number of alkyl carbamates (subject to hydrolysis) is 1. The molecule has 1 aromatic carbocycles. The highest BCUT2D eigenvalue weighted by atomic mass is 32.2. The highest BCUT2D eigenvalue weighted by Crippen LogP contribution is 2.27. The molecule has 0 fully saturated rings. The van der Waals surface area contributed by atoms with Gasteiger partial charge in [-0.15, -0.1) is 11.8 Å². The number of aromatic nitrogens is 1. The zero-order chi connectivity index (χ0) is 19.1. The maximum absolute atomic E-state index is 12.4. The molecule has 0 bridgehead atoms. The van der Waals surface area contributed by atoms with Crippen molar-refractivity contribution in [2.24, 2.45) is 0 Å². The predicted octanol–water partition coefficient (Wildman–Crippen LogP) is 2.70. The summed E-state index contributed by atoms with van der Waals surface area (Å²) in [5.74, 6) is -0.218. The van der Waals surface area contributed by atoms with E-state index in [1.807, 2.05) is 11.4 Å².